The highest BCUT2D eigenvalue weighted by Crippen LogP contribution is 2.11. The second kappa shape index (κ2) is 6.67. The summed E-state index contributed by atoms with van der Waals surface area (Å²) < 4.78 is 0. The van der Waals surface area contributed by atoms with Gasteiger partial charge >= 0.3 is 0 Å². The average molecular weight is 237 g/mol. The van der Waals surface area contributed by atoms with Gasteiger partial charge in [-0.1, -0.05) is 6.92 Å². The average Bonchev–Trinajstić information content (AvgIpc) is 2.28. The van der Waals surface area contributed by atoms with Crippen LogP contribution in [0.1, 0.15) is 26.1 Å². The predicted molar refractivity (Wildman–Crippen MR) is 67.9 cm³/mol. The van der Waals surface area contributed by atoms with Crippen LogP contribution in [0.25, 0.3) is 0 Å². The Hall–Kier alpha value is -1.85. The van der Waals surface area contributed by atoms with E-state index in [0.29, 0.717) is 18.8 Å². The van der Waals surface area contributed by atoms with Gasteiger partial charge in [-0.15, -0.1) is 0 Å². The lowest BCUT2D eigenvalue weighted by Crippen LogP contribution is -2.16. The van der Waals surface area contributed by atoms with Gasteiger partial charge < -0.3 is 16.4 Å². The summed E-state index contributed by atoms with van der Waals surface area (Å²) in [5.41, 5.74) is 5.07. The number of rotatable bonds is 7. The fourth-order valence-electron chi connectivity index (χ4n) is 1.33. The third-order valence-electron chi connectivity index (χ3n) is 2.12. The Balaban J connectivity index is 2.69. The van der Waals surface area contributed by atoms with Gasteiger partial charge in [0.15, 0.2) is 0 Å². The highest BCUT2D eigenvalue weighted by molar-refractivity contribution is 5.74. The number of primary amides is 1. The Labute approximate surface area is 101 Å². The molecule has 0 aliphatic rings. The zero-order valence-electron chi connectivity index (χ0n) is 10.3. The van der Waals surface area contributed by atoms with Gasteiger partial charge in [0.05, 0.1) is 0 Å². The smallest absolute Gasteiger partial charge is 0.219 e. The molecule has 0 unspecified atom stereocenters. The van der Waals surface area contributed by atoms with Crippen LogP contribution >= 0.6 is 0 Å². The standard InChI is InChI=1S/C11H19N5O/c1-3-9-15-10(13-4-2)7-11(16-9)14-6-5-8(12)17/h7H,3-6H2,1-2H3,(H2,12,17)(H2,13,14,15,16). The molecule has 0 bridgehead atoms. The zero-order chi connectivity index (χ0) is 12.7. The second-order valence-electron chi connectivity index (χ2n) is 3.58. The first kappa shape index (κ1) is 13.2. The normalized spacial score (nSPS) is 10.0. The van der Waals surface area contributed by atoms with Crippen molar-refractivity contribution >= 4 is 17.5 Å². The number of anilines is 2. The Bertz CT molecular complexity index is 380. The Morgan fingerprint density at radius 3 is 2.47 bits per heavy atom. The summed E-state index contributed by atoms with van der Waals surface area (Å²) >= 11 is 0. The van der Waals surface area contributed by atoms with Crippen LogP contribution in [0.3, 0.4) is 0 Å². The maximum Gasteiger partial charge on any atom is 0.219 e. The van der Waals surface area contributed by atoms with Crippen LogP contribution in [-0.2, 0) is 11.2 Å². The van der Waals surface area contributed by atoms with Crippen molar-refractivity contribution in [3.8, 4) is 0 Å². The van der Waals surface area contributed by atoms with Crippen molar-refractivity contribution in [2.75, 3.05) is 23.7 Å². The van der Waals surface area contributed by atoms with Crippen molar-refractivity contribution in [1.82, 2.24) is 9.97 Å². The molecule has 1 amide bonds. The molecule has 0 saturated carbocycles. The monoisotopic (exact) mass is 237 g/mol. The van der Waals surface area contributed by atoms with E-state index >= 15 is 0 Å². The zero-order valence-corrected chi connectivity index (χ0v) is 10.3. The molecular formula is C11H19N5O. The number of nitrogens with two attached hydrogens (primary N) is 1. The number of hydrogen-bond donors (Lipinski definition) is 3. The molecule has 17 heavy (non-hydrogen) atoms. The molecule has 0 saturated heterocycles. The molecule has 1 aromatic rings. The molecule has 0 spiro atoms. The minimum Gasteiger partial charge on any atom is -0.370 e. The Morgan fingerprint density at radius 2 is 1.94 bits per heavy atom. The van der Waals surface area contributed by atoms with Crippen molar-refractivity contribution in [3.05, 3.63) is 11.9 Å². The molecule has 4 N–H and O–H groups in total. The van der Waals surface area contributed by atoms with Crippen molar-refractivity contribution < 1.29 is 4.79 Å². The lowest BCUT2D eigenvalue weighted by molar-refractivity contribution is -0.117. The van der Waals surface area contributed by atoms with Gasteiger partial charge in [0.1, 0.15) is 17.5 Å². The molecule has 1 heterocycles. The first-order chi connectivity index (χ1) is 8.15. The van der Waals surface area contributed by atoms with Crippen LogP contribution in [0.4, 0.5) is 11.6 Å². The van der Waals surface area contributed by atoms with E-state index in [9.17, 15) is 4.79 Å². The highest BCUT2D eigenvalue weighted by Gasteiger charge is 2.03. The van der Waals surface area contributed by atoms with Crippen molar-refractivity contribution in [2.24, 2.45) is 5.73 Å². The number of nitrogens with one attached hydrogen (secondary N) is 2. The molecule has 1 aromatic heterocycles. The summed E-state index contributed by atoms with van der Waals surface area (Å²) in [4.78, 5) is 19.3. The molecule has 0 aliphatic carbocycles. The van der Waals surface area contributed by atoms with E-state index in [1.54, 1.807) is 0 Å². The number of hydrogen-bond acceptors (Lipinski definition) is 5. The molecule has 0 atom stereocenters. The van der Waals surface area contributed by atoms with Crippen LogP contribution in [0, 0.1) is 0 Å². The summed E-state index contributed by atoms with van der Waals surface area (Å²) in [5.74, 6) is 1.95. The molecule has 0 fully saturated rings. The fraction of sp³-hybridized carbons (Fsp3) is 0.545. The number of nitrogens with zero attached hydrogens (tertiary/aromatic N) is 2. The maximum atomic E-state index is 10.6. The molecule has 0 radical (unpaired) electrons. The van der Waals surface area contributed by atoms with Crippen molar-refractivity contribution in [1.29, 1.82) is 0 Å². The Kier molecular flexibility index (Phi) is 5.19. The van der Waals surface area contributed by atoms with Gasteiger partial charge in [0.2, 0.25) is 5.91 Å². The molecule has 6 nitrogen and oxygen atoms in total. The van der Waals surface area contributed by atoms with E-state index < -0.39 is 0 Å². The SMILES string of the molecule is CCNc1cc(NCCC(N)=O)nc(CC)n1. The van der Waals surface area contributed by atoms with Crippen LogP contribution in [0.5, 0.6) is 0 Å². The van der Waals surface area contributed by atoms with Crippen LogP contribution in [0.2, 0.25) is 0 Å². The van der Waals surface area contributed by atoms with Gasteiger partial charge in [-0.2, -0.15) is 0 Å². The highest BCUT2D eigenvalue weighted by atomic mass is 16.1. The summed E-state index contributed by atoms with van der Waals surface area (Å²) in [5, 5.41) is 6.20. The van der Waals surface area contributed by atoms with Crippen LogP contribution < -0.4 is 16.4 Å². The lowest BCUT2D eigenvalue weighted by atomic mass is 10.4. The lowest BCUT2D eigenvalue weighted by Gasteiger charge is -2.09. The van der Waals surface area contributed by atoms with E-state index in [0.717, 1.165) is 24.6 Å². The van der Waals surface area contributed by atoms with E-state index in [2.05, 4.69) is 20.6 Å². The minimum atomic E-state index is -0.325. The quantitative estimate of drug-likeness (QED) is 0.651. The van der Waals surface area contributed by atoms with Crippen LogP contribution in [0.15, 0.2) is 6.07 Å². The summed E-state index contributed by atoms with van der Waals surface area (Å²) in [6, 6.07) is 1.82. The molecule has 94 valence electrons. The third kappa shape index (κ3) is 4.67. The van der Waals surface area contributed by atoms with Gasteiger partial charge in [-0.05, 0) is 6.92 Å². The van der Waals surface area contributed by atoms with Crippen molar-refractivity contribution in [2.45, 2.75) is 26.7 Å². The predicted octanol–water partition coefficient (Wildman–Crippen LogP) is 0.758. The number of amides is 1. The third-order valence-corrected chi connectivity index (χ3v) is 2.12. The minimum absolute atomic E-state index is 0.294. The van der Waals surface area contributed by atoms with E-state index in [-0.39, 0.29) is 5.91 Å². The number of aryl methyl sites for hydroxylation is 1. The summed E-state index contributed by atoms with van der Waals surface area (Å²) in [6.45, 7) is 5.30. The van der Waals surface area contributed by atoms with E-state index in [1.807, 2.05) is 19.9 Å². The number of aromatic nitrogens is 2. The topological polar surface area (TPSA) is 92.9 Å². The first-order valence-corrected chi connectivity index (χ1v) is 5.79. The van der Waals surface area contributed by atoms with Gasteiger partial charge in [0, 0.05) is 32.0 Å². The van der Waals surface area contributed by atoms with Crippen molar-refractivity contribution in [3.63, 3.8) is 0 Å². The second-order valence-corrected chi connectivity index (χ2v) is 3.58. The molecule has 0 aromatic carbocycles. The maximum absolute atomic E-state index is 10.6. The largest absolute Gasteiger partial charge is 0.370 e. The van der Waals surface area contributed by atoms with E-state index in [1.165, 1.54) is 0 Å². The molecular weight excluding hydrogens is 218 g/mol. The first-order valence-electron chi connectivity index (χ1n) is 5.79. The van der Waals surface area contributed by atoms with Gasteiger partial charge in [-0.3, -0.25) is 4.79 Å². The van der Waals surface area contributed by atoms with Crippen LogP contribution in [-0.4, -0.2) is 29.0 Å². The molecule has 1 rings (SSSR count). The summed E-state index contributed by atoms with van der Waals surface area (Å²) in [7, 11) is 0. The van der Waals surface area contributed by atoms with E-state index in [4.69, 9.17) is 5.73 Å². The van der Waals surface area contributed by atoms with Gasteiger partial charge in [-0.25, -0.2) is 9.97 Å². The number of carbonyl (C=O) groups is 1. The fourth-order valence-corrected chi connectivity index (χ4v) is 1.33. The number of carbonyl (C=O) groups excluding carboxylic acids is 1. The summed E-state index contributed by atoms with van der Waals surface area (Å²) in [6.07, 6.45) is 1.06. The van der Waals surface area contributed by atoms with Gasteiger partial charge in [0.25, 0.3) is 0 Å². The molecule has 6 heteroatoms. The Morgan fingerprint density at radius 1 is 1.29 bits per heavy atom. The molecule has 0 aliphatic heterocycles.